The van der Waals surface area contributed by atoms with Gasteiger partial charge in [-0.2, -0.15) is 13.1 Å². The lowest BCUT2D eigenvalue weighted by Gasteiger charge is -2.40. The smallest absolute Gasteiger partial charge is 0.277 e. The lowest BCUT2D eigenvalue weighted by Crippen LogP contribution is -2.58. The zero-order chi connectivity index (χ0) is 9.95. The normalized spacial score (nSPS) is 21.1. The minimum Gasteiger partial charge on any atom is -0.394 e. The van der Waals surface area contributed by atoms with Crippen LogP contribution in [-0.2, 0) is 10.2 Å². The Kier molecular flexibility index (Phi) is 3.28. The minimum absolute atomic E-state index is 0.127. The fourth-order valence-electron chi connectivity index (χ4n) is 1.41. The molecule has 0 spiro atoms. The van der Waals surface area contributed by atoms with Crippen LogP contribution in [0.5, 0.6) is 0 Å². The standard InChI is InChI=1S/C7H16N2O3S/c1-2-8-13(11,12)9-7(6-10)4-3-5-7/h8-10H,2-6H2,1H3. The van der Waals surface area contributed by atoms with Crippen molar-refractivity contribution >= 4 is 10.2 Å². The molecule has 1 saturated carbocycles. The average molecular weight is 208 g/mol. The van der Waals surface area contributed by atoms with E-state index in [9.17, 15) is 8.42 Å². The molecule has 5 nitrogen and oxygen atoms in total. The zero-order valence-electron chi connectivity index (χ0n) is 7.71. The van der Waals surface area contributed by atoms with Crippen molar-refractivity contribution < 1.29 is 13.5 Å². The second-order valence-corrected chi connectivity index (χ2v) is 4.90. The van der Waals surface area contributed by atoms with Gasteiger partial charge in [-0.1, -0.05) is 6.92 Å². The third kappa shape index (κ3) is 2.63. The summed E-state index contributed by atoms with van der Waals surface area (Å²) in [6, 6.07) is 0. The van der Waals surface area contributed by atoms with Gasteiger partial charge in [-0.3, -0.25) is 0 Å². The molecule has 3 N–H and O–H groups in total. The van der Waals surface area contributed by atoms with Crippen LogP contribution in [0, 0.1) is 0 Å². The summed E-state index contributed by atoms with van der Waals surface area (Å²) < 4.78 is 27.3. The number of nitrogens with one attached hydrogen (secondary N) is 2. The van der Waals surface area contributed by atoms with Crippen LogP contribution in [-0.4, -0.2) is 32.2 Å². The van der Waals surface area contributed by atoms with Crippen molar-refractivity contribution in [1.29, 1.82) is 0 Å². The second-order valence-electron chi connectivity index (χ2n) is 3.40. The molecule has 0 saturated heterocycles. The van der Waals surface area contributed by atoms with Gasteiger partial charge >= 0.3 is 0 Å². The van der Waals surface area contributed by atoms with E-state index < -0.39 is 15.7 Å². The van der Waals surface area contributed by atoms with Gasteiger partial charge < -0.3 is 5.11 Å². The van der Waals surface area contributed by atoms with E-state index in [1.54, 1.807) is 6.92 Å². The molecule has 1 aliphatic carbocycles. The van der Waals surface area contributed by atoms with Crippen LogP contribution >= 0.6 is 0 Å². The molecule has 0 aromatic heterocycles. The first-order chi connectivity index (χ1) is 6.04. The predicted molar refractivity (Wildman–Crippen MR) is 49.4 cm³/mol. The van der Waals surface area contributed by atoms with Crippen molar-refractivity contribution in [3.63, 3.8) is 0 Å². The molecule has 0 bridgehead atoms. The Balaban J connectivity index is 2.56. The molecule has 0 heterocycles. The van der Waals surface area contributed by atoms with Crippen LogP contribution in [0.15, 0.2) is 0 Å². The molecule has 0 aromatic carbocycles. The molecular weight excluding hydrogens is 192 g/mol. The monoisotopic (exact) mass is 208 g/mol. The summed E-state index contributed by atoms with van der Waals surface area (Å²) in [5, 5.41) is 9.01. The van der Waals surface area contributed by atoms with Gasteiger partial charge in [0.1, 0.15) is 0 Å². The van der Waals surface area contributed by atoms with Gasteiger partial charge in [0.2, 0.25) is 0 Å². The fraction of sp³-hybridized carbons (Fsp3) is 1.00. The minimum atomic E-state index is -3.42. The maximum atomic E-state index is 11.3. The topological polar surface area (TPSA) is 78.4 Å². The first kappa shape index (κ1) is 10.9. The van der Waals surface area contributed by atoms with Crippen molar-refractivity contribution in [2.24, 2.45) is 0 Å². The number of hydrogen-bond acceptors (Lipinski definition) is 3. The number of hydrogen-bond donors (Lipinski definition) is 3. The van der Waals surface area contributed by atoms with E-state index in [4.69, 9.17) is 5.11 Å². The highest BCUT2D eigenvalue weighted by Crippen LogP contribution is 2.31. The Hall–Kier alpha value is -0.170. The number of rotatable bonds is 5. The molecule has 6 heteroatoms. The summed E-state index contributed by atoms with van der Waals surface area (Å²) in [7, 11) is -3.42. The maximum Gasteiger partial charge on any atom is 0.277 e. The molecular formula is C7H16N2O3S. The zero-order valence-corrected chi connectivity index (χ0v) is 8.52. The maximum absolute atomic E-state index is 11.3. The van der Waals surface area contributed by atoms with Crippen molar-refractivity contribution in [1.82, 2.24) is 9.44 Å². The molecule has 0 unspecified atom stereocenters. The van der Waals surface area contributed by atoms with Gasteiger partial charge in [0.05, 0.1) is 12.1 Å². The van der Waals surface area contributed by atoms with Crippen LogP contribution < -0.4 is 9.44 Å². The second kappa shape index (κ2) is 3.91. The van der Waals surface area contributed by atoms with Gasteiger partial charge in [-0.05, 0) is 19.3 Å². The molecule has 0 aromatic rings. The van der Waals surface area contributed by atoms with Crippen LogP contribution in [0.4, 0.5) is 0 Å². The third-order valence-corrected chi connectivity index (χ3v) is 3.67. The molecule has 1 aliphatic rings. The van der Waals surface area contributed by atoms with Crippen molar-refractivity contribution in [2.75, 3.05) is 13.2 Å². The van der Waals surface area contributed by atoms with E-state index in [1.807, 2.05) is 0 Å². The Morgan fingerprint density at radius 3 is 2.38 bits per heavy atom. The van der Waals surface area contributed by atoms with E-state index in [1.165, 1.54) is 0 Å². The van der Waals surface area contributed by atoms with E-state index >= 15 is 0 Å². The molecule has 0 radical (unpaired) electrons. The summed E-state index contributed by atoms with van der Waals surface area (Å²) in [6.45, 7) is 1.94. The van der Waals surface area contributed by atoms with Crippen molar-refractivity contribution in [3.05, 3.63) is 0 Å². The number of aliphatic hydroxyl groups is 1. The van der Waals surface area contributed by atoms with Crippen molar-refractivity contribution in [3.8, 4) is 0 Å². The first-order valence-electron chi connectivity index (χ1n) is 4.43. The van der Waals surface area contributed by atoms with Crippen LogP contribution in [0.1, 0.15) is 26.2 Å². The largest absolute Gasteiger partial charge is 0.394 e. The molecule has 1 fully saturated rings. The summed E-state index contributed by atoms with van der Waals surface area (Å²) >= 11 is 0. The third-order valence-electron chi connectivity index (χ3n) is 2.30. The molecule has 0 aliphatic heterocycles. The van der Waals surface area contributed by atoms with E-state index in [0.717, 1.165) is 6.42 Å². The van der Waals surface area contributed by atoms with E-state index in [-0.39, 0.29) is 6.61 Å². The number of aliphatic hydroxyl groups excluding tert-OH is 1. The Labute approximate surface area is 78.7 Å². The van der Waals surface area contributed by atoms with Crippen LogP contribution in [0.3, 0.4) is 0 Å². The fourth-order valence-corrected chi connectivity index (χ4v) is 2.70. The van der Waals surface area contributed by atoms with Crippen LogP contribution in [0.25, 0.3) is 0 Å². The van der Waals surface area contributed by atoms with Crippen LogP contribution in [0.2, 0.25) is 0 Å². The Morgan fingerprint density at radius 2 is 2.08 bits per heavy atom. The quantitative estimate of drug-likeness (QED) is 0.561. The summed E-state index contributed by atoms with van der Waals surface area (Å²) in [4.78, 5) is 0. The Bertz CT molecular complexity index is 253. The van der Waals surface area contributed by atoms with E-state index in [0.29, 0.717) is 19.4 Å². The summed E-state index contributed by atoms with van der Waals surface area (Å²) in [6.07, 6.45) is 2.40. The Morgan fingerprint density at radius 1 is 1.46 bits per heavy atom. The molecule has 0 atom stereocenters. The molecule has 0 amide bonds. The van der Waals surface area contributed by atoms with Gasteiger partial charge in [0, 0.05) is 6.54 Å². The van der Waals surface area contributed by atoms with E-state index in [2.05, 4.69) is 9.44 Å². The highest BCUT2D eigenvalue weighted by atomic mass is 32.2. The van der Waals surface area contributed by atoms with Gasteiger partial charge in [-0.15, -0.1) is 0 Å². The van der Waals surface area contributed by atoms with Gasteiger partial charge in [-0.25, -0.2) is 4.72 Å². The van der Waals surface area contributed by atoms with Crippen molar-refractivity contribution in [2.45, 2.75) is 31.7 Å². The lowest BCUT2D eigenvalue weighted by atomic mass is 9.78. The van der Waals surface area contributed by atoms with Gasteiger partial charge in [0.15, 0.2) is 0 Å². The highest BCUT2D eigenvalue weighted by molar-refractivity contribution is 7.87. The molecule has 78 valence electrons. The SMILES string of the molecule is CCNS(=O)(=O)NC1(CO)CCC1. The first-order valence-corrected chi connectivity index (χ1v) is 5.91. The summed E-state index contributed by atoms with van der Waals surface area (Å²) in [5.74, 6) is 0. The summed E-state index contributed by atoms with van der Waals surface area (Å²) in [5.41, 5.74) is -0.596. The lowest BCUT2D eigenvalue weighted by molar-refractivity contribution is 0.110. The predicted octanol–water partition coefficient (Wildman–Crippen LogP) is -0.655. The van der Waals surface area contributed by atoms with Gasteiger partial charge in [0.25, 0.3) is 10.2 Å². The average Bonchev–Trinajstić information content (AvgIpc) is 1.97. The highest BCUT2D eigenvalue weighted by Gasteiger charge is 2.39. The molecule has 1 rings (SSSR count). The molecule has 13 heavy (non-hydrogen) atoms.